The van der Waals surface area contributed by atoms with Crippen molar-refractivity contribution < 1.29 is 57.7 Å². The van der Waals surface area contributed by atoms with Gasteiger partial charge in [0.2, 0.25) is 35.4 Å². The fourth-order valence-corrected chi connectivity index (χ4v) is 5.94. The molecule has 0 bridgehead atoms. The summed E-state index contributed by atoms with van der Waals surface area (Å²) < 4.78 is 10.4. The van der Waals surface area contributed by atoms with Crippen molar-refractivity contribution in [1.82, 2.24) is 37.2 Å². The first-order chi connectivity index (χ1) is 28.6. The molecule has 0 spiro atoms. The first-order valence-electron chi connectivity index (χ1n) is 20.1. The van der Waals surface area contributed by atoms with Gasteiger partial charge in [-0.1, -0.05) is 52.0 Å². The Bertz CT molecular complexity index is 1840. The number of benzene rings is 1. The number of ether oxygens (including phenoxy) is 2. The van der Waals surface area contributed by atoms with E-state index in [2.05, 4.69) is 42.0 Å². The van der Waals surface area contributed by atoms with Gasteiger partial charge < -0.3 is 51.8 Å². The minimum absolute atomic E-state index is 0.0350. The molecule has 7 amide bonds. The smallest absolute Gasteiger partial charge is 0.328 e. The van der Waals surface area contributed by atoms with Gasteiger partial charge in [-0.15, -0.1) is 0 Å². The van der Waals surface area contributed by atoms with Gasteiger partial charge in [0.25, 0.3) is 5.91 Å². The molecule has 1 saturated heterocycles. The van der Waals surface area contributed by atoms with E-state index in [4.69, 9.17) is 4.74 Å². The molecule has 1 aliphatic rings. The largest absolute Gasteiger partial charge is 0.508 e. The predicted molar refractivity (Wildman–Crippen MR) is 221 cm³/mol. The molecule has 8 N–H and O–H groups in total. The predicted octanol–water partition coefficient (Wildman–Crippen LogP) is 0.450. The second-order valence-electron chi connectivity index (χ2n) is 15.5. The van der Waals surface area contributed by atoms with E-state index in [0.717, 1.165) is 7.11 Å². The van der Waals surface area contributed by atoms with E-state index in [-0.39, 0.29) is 43.0 Å². The van der Waals surface area contributed by atoms with Crippen LogP contribution in [0.4, 0.5) is 0 Å². The van der Waals surface area contributed by atoms with Crippen molar-refractivity contribution in [3.8, 4) is 5.75 Å². The Balaban J connectivity index is 2.63. The lowest BCUT2D eigenvalue weighted by Crippen LogP contribution is -2.62. The van der Waals surface area contributed by atoms with Gasteiger partial charge in [-0.2, -0.15) is 0 Å². The molecule has 0 aliphatic carbocycles. The molecule has 0 unspecified atom stereocenters. The number of phenolic OH excluding ortho intramolecular Hbond substituents is 1. The number of allylic oxidation sites excluding steroid dienone is 2. The fraction of sp³-hybridized carbons (Fsp3) is 0.548. The van der Waals surface area contributed by atoms with E-state index >= 15 is 0 Å². The number of methoxy groups -OCH3 is 1. The Morgan fingerprint density at radius 3 is 2.07 bits per heavy atom. The first-order valence-corrected chi connectivity index (χ1v) is 20.1. The van der Waals surface area contributed by atoms with Gasteiger partial charge in [-0.25, -0.2) is 4.79 Å². The molecule has 7 atom stereocenters. The summed E-state index contributed by atoms with van der Waals surface area (Å²) in [5, 5.41) is 27.7. The van der Waals surface area contributed by atoms with E-state index in [1.807, 2.05) is 0 Å². The first kappa shape index (κ1) is 50.9. The van der Waals surface area contributed by atoms with E-state index in [1.165, 1.54) is 51.1 Å². The van der Waals surface area contributed by atoms with Gasteiger partial charge in [-0.05, 0) is 77.0 Å². The number of carbonyl (C=O) groups excluding carboxylic acids is 9. The lowest BCUT2D eigenvalue weighted by atomic mass is 10.00. The van der Waals surface area contributed by atoms with E-state index in [0.29, 0.717) is 11.1 Å². The second kappa shape index (κ2) is 24.1. The lowest BCUT2D eigenvalue weighted by Gasteiger charge is -2.31. The van der Waals surface area contributed by atoms with Crippen LogP contribution in [0.15, 0.2) is 47.7 Å². The minimum atomic E-state index is -1.72. The van der Waals surface area contributed by atoms with Crippen LogP contribution in [0.3, 0.4) is 0 Å². The van der Waals surface area contributed by atoms with Gasteiger partial charge >= 0.3 is 11.9 Å². The van der Waals surface area contributed by atoms with Crippen LogP contribution in [0.2, 0.25) is 0 Å². The molecular weight excluding hydrogens is 794 g/mol. The maximum Gasteiger partial charge on any atom is 0.328 e. The summed E-state index contributed by atoms with van der Waals surface area (Å²) in [5.41, 5.74) is 0.546. The lowest BCUT2D eigenvalue weighted by molar-refractivity contribution is -0.156. The minimum Gasteiger partial charge on any atom is -0.508 e. The van der Waals surface area contributed by atoms with E-state index in [9.17, 15) is 48.3 Å². The van der Waals surface area contributed by atoms with Gasteiger partial charge in [-0.3, -0.25) is 38.4 Å². The third kappa shape index (κ3) is 16.0. The number of rotatable bonds is 14. The van der Waals surface area contributed by atoms with Crippen molar-refractivity contribution in [2.75, 3.05) is 7.11 Å². The number of esters is 2. The zero-order valence-electron chi connectivity index (χ0n) is 36.4. The molecular formula is C42H61N7O12. The summed E-state index contributed by atoms with van der Waals surface area (Å²) in [6, 6.07) is -2.52. The molecule has 1 aromatic carbocycles. The van der Waals surface area contributed by atoms with Crippen molar-refractivity contribution in [3.05, 3.63) is 53.3 Å². The second-order valence-corrected chi connectivity index (χ2v) is 15.5. The number of cyclic esters (lactones) is 1. The SMILES string of the molecule is C/C=C1\NC(=O)[C@H](C)NC(=O)[C@@H](NC(=O)[C@@H](Cc2ccc(O)cc2)NC(=O)[C@@H](NC(=O)/C(C)=C/C)C(C)C)[C@@H](C)OC(=O)[C@H](CC(C)C)NC(=O)[C@@H](CCC(=O)OC)NC1=O. The van der Waals surface area contributed by atoms with Crippen LogP contribution in [-0.2, 0) is 59.0 Å². The molecule has 1 aromatic rings. The monoisotopic (exact) mass is 855 g/mol. The molecule has 0 saturated carbocycles. The van der Waals surface area contributed by atoms with Crippen LogP contribution < -0.4 is 37.2 Å². The number of phenols is 1. The molecule has 336 valence electrons. The van der Waals surface area contributed by atoms with Crippen LogP contribution in [0, 0.1) is 11.8 Å². The Labute approximate surface area is 356 Å². The topological polar surface area (TPSA) is 277 Å². The summed E-state index contributed by atoms with van der Waals surface area (Å²) in [4.78, 5) is 121. The number of aromatic hydroxyl groups is 1. The molecule has 1 aliphatic heterocycles. The van der Waals surface area contributed by atoms with Gasteiger partial charge in [0, 0.05) is 18.4 Å². The normalized spacial score (nSPS) is 22.5. The van der Waals surface area contributed by atoms with Crippen molar-refractivity contribution in [2.24, 2.45) is 11.8 Å². The highest BCUT2D eigenvalue weighted by Gasteiger charge is 2.38. The van der Waals surface area contributed by atoms with Crippen LogP contribution in [-0.4, -0.2) is 108 Å². The summed E-state index contributed by atoms with van der Waals surface area (Å²) >= 11 is 0. The van der Waals surface area contributed by atoms with Crippen molar-refractivity contribution in [1.29, 1.82) is 0 Å². The number of amides is 7. The number of nitrogens with one attached hydrogen (secondary N) is 7. The van der Waals surface area contributed by atoms with Crippen LogP contribution >= 0.6 is 0 Å². The summed E-state index contributed by atoms with van der Waals surface area (Å²) in [6.07, 6.45) is 0.699. The molecule has 61 heavy (non-hydrogen) atoms. The molecule has 1 heterocycles. The zero-order valence-corrected chi connectivity index (χ0v) is 36.4. The van der Waals surface area contributed by atoms with E-state index < -0.39 is 102 Å². The number of hydrogen-bond donors (Lipinski definition) is 8. The van der Waals surface area contributed by atoms with E-state index in [1.54, 1.807) is 47.6 Å². The Morgan fingerprint density at radius 2 is 1.51 bits per heavy atom. The molecule has 1 fully saturated rings. The highest BCUT2D eigenvalue weighted by Crippen LogP contribution is 2.15. The van der Waals surface area contributed by atoms with Gasteiger partial charge in [0.05, 0.1) is 7.11 Å². The van der Waals surface area contributed by atoms with Crippen LogP contribution in [0.1, 0.15) is 87.1 Å². The maximum absolute atomic E-state index is 14.3. The van der Waals surface area contributed by atoms with Crippen molar-refractivity contribution in [2.45, 2.75) is 130 Å². The highest BCUT2D eigenvalue weighted by molar-refractivity contribution is 6.02. The molecule has 2 rings (SSSR count). The molecule has 0 aromatic heterocycles. The zero-order chi connectivity index (χ0) is 46.1. The van der Waals surface area contributed by atoms with Gasteiger partial charge in [0.1, 0.15) is 53.8 Å². The Hall–Kier alpha value is -6.27. The van der Waals surface area contributed by atoms with Crippen molar-refractivity contribution >= 4 is 53.3 Å². The highest BCUT2D eigenvalue weighted by atomic mass is 16.5. The van der Waals surface area contributed by atoms with Crippen molar-refractivity contribution in [3.63, 3.8) is 0 Å². The molecule has 19 nitrogen and oxygen atoms in total. The number of hydrogen-bond acceptors (Lipinski definition) is 12. The Kier molecular flexibility index (Phi) is 20.1. The van der Waals surface area contributed by atoms with Crippen LogP contribution in [0.5, 0.6) is 5.75 Å². The molecule has 19 heteroatoms. The average molecular weight is 856 g/mol. The average Bonchev–Trinajstić information content (AvgIpc) is 3.20. The number of carbonyl (C=O) groups is 9. The fourth-order valence-electron chi connectivity index (χ4n) is 5.94. The Morgan fingerprint density at radius 1 is 0.869 bits per heavy atom. The third-order valence-electron chi connectivity index (χ3n) is 9.73. The van der Waals surface area contributed by atoms with Crippen LogP contribution in [0.25, 0.3) is 0 Å². The van der Waals surface area contributed by atoms with Gasteiger partial charge in [0.15, 0.2) is 0 Å². The quantitative estimate of drug-likeness (QED) is 0.0936. The third-order valence-corrected chi connectivity index (χ3v) is 9.73. The summed E-state index contributed by atoms with van der Waals surface area (Å²) in [7, 11) is 1.15. The maximum atomic E-state index is 14.3. The standard InChI is InChI=1S/C42H61N7O12/c1-11-23(7)35(52)48-33(22(5)6)40(57)46-30(20-26-13-15-27(50)16-14-26)39(56)49-34-25(9)61-42(59)31(19-21(3)4)47-38(55)29(17-18-32(51)60-10)45-37(54)28(12-2)44-36(53)24(8)43-41(34)58/h11-16,21-22,24-25,29-31,33-34,50H,17-20H2,1-10H3,(H,43,58)(H,44,53)(H,45,54)(H,46,57)(H,47,55)(H,48,52)(H,49,56)/b23-11+,28-12-/t24-,25+,29+,30+,31-,33-,34-/m0/s1. The molecule has 0 radical (unpaired) electrons. The summed E-state index contributed by atoms with van der Waals surface area (Å²) in [6.45, 7) is 14.2. The summed E-state index contributed by atoms with van der Waals surface area (Å²) in [5.74, 6) is -8.16.